The highest BCUT2D eigenvalue weighted by molar-refractivity contribution is 5.66. The van der Waals surface area contributed by atoms with Crippen molar-refractivity contribution >= 4 is 11.9 Å². The number of aliphatic hydroxyl groups is 1. The molecule has 1 unspecified atom stereocenters. The Bertz CT molecular complexity index is 830. The fourth-order valence-corrected chi connectivity index (χ4v) is 4.25. The highest BCUT2D eigenvalue weighted by Crippen LogP contribution is 2.33. The molecule has 2 aromatic rings. The Balaban J connectivity index is 1.32. The van der Waals surface area contributed by atoms with Crippen LogP contribution >= 0.6 is 0 Å². The highest BCUT2D eigenvalue weighted by atomic mass is 19.1. The zero-order valence-corrected chi connectivity index (χ0v) is 16.8. The van der Waals surface area contributed by atoms with Gasteiger partial charge in [-0.2, -0.15) is 5.10 Å². The fraction of sp³-hybridized carbons (Fsp3) is 0.435. The minimum atomic E-state index is -0.687. The molecule has 154 valence electrons. The number of rotatable bonds is 6. The lowest BCUT2D eigenvalue weighted by Gasteiger charge is -2.40. The van der Waals surface area contributed by atoms with Crippen LogP contribution in [0, 0.1) is 5.82 Å². The molecule has 1 fully saturated rings. The lowest BCUT2D eigenvalue weighted by atomic mass is 9.84. The number of likely N-dealkylation sites (tertiary alicyclic amines) is 1. The van der Waals surface area contributed by atoms with Crippen molar-refractivity contribution in [3.8, 4) is 5.75 Å². The molecule has 0 aromatic heterocycles. The van der Waals surface area contributed by atoms with Crippen LogP contribution in [0.2, 0.25) is 0 Å². The van der Waals surface area contributed by atoms with Gasteiger partial charge in [0.1, 0.15) is 11.6 Å². The summed E-state index contributed by atoms with van der Waals surface area (Å²) in [5, 5.41) is 17.6. The van der Waals surface area contributed by atoms with E-state index in [9.17, 15) is 9.50 Å². The second-order valence-corrected chi connectivity index (χ2v) is 8.06. The number of benzene rings is 2. The molecule has 2 aliphatic heterocycles. The van der Waals surface area contributed by atoms with Crippen molar-refractivity contribution in [1.29, 1.82) is 0 Å². The number of methoxy groups -OCH3 is 1. The number of ether oxygens (including phenoxy) is 1. The summed E-state index contributed by atoms with van der Waals surface area (Å²) >= 11 is 0. The van der Waals surface area contributed by atoms with Gasteiger partial charge < -0.3 is 9.84 Å². The number of hydrazone groups is 1. The Labute approximate surface area is 171 Å². The van der Waals surface area contributed by atoms with Crippen LogP contribution in [0.1, 0.15) is 31.2 Å². The van der Waals surface area contributed by atoms with Crippen molar-refractivity contribution in [2.24, 2.45) is 5.10 Å². The van der Waals surface area contributed by atoms with Gasteiger partial charge in [-0.05, 0) is 61.2 Å². The van der Waals surface area contributed by atoms with Gasteiger partial charge >= 0.3 is 0 Å². The first-order valence-corrected chi connectivity index (χ1v) is 10.2. The van der Waals surface area contributed by atoms with Gasteiger partial charge in [-0.3, -0.25) is 9.91 Å². The molecule has 2 aliphatic rings. The Kier molecular flexibility index (Phi) is 5.83. The minimum Gasteiger partial charge on any atom is -0.497 e. The van der Waals surface area contributed by atoms with Crippen molar-refractivity contribution in [3.05, 3.63) is 59.9 Å². The van der Waals surface area contributed by atoms with Crippen LogP contribution in [0.3, 0.4) is 0 Å². The third-order valence-electron chi connectivity index (χ3n) is 5.99. The van der Waals surface area contributed by atoms with Gasteiger partial charge in [-0.1, -0.05) is 12.1 Å². The van der Waals surface area contributed by atoms with Gasteiger partial charge in [0.25, 0.3) is 0 Å². The molecule has 5 nitrogen and oxygen atoms in total. The van der Waals surface area contributed by atoms with E-state index in [1.807, 2.05) is 23.4 Å². The van der Waals surface area contributed by atoms with Crippen molar-refractivity contribution in [3.63, 3.8) is 0 Å². The van der Waals surface area contributed by atoms with Gasteiger partial charge in [0, 0.05) is 32.3 Å². The Morgan fingerprint density at radius 2 is 1.79 bits per heavy atom. The molecule has 2 aromatic carbocycles. The summed E-state index contributed by atoms with van der Waals surface area (Å²) in [6.45, 7) is 2.62. The molecule has 6 heteroatoms. The molecule has 1 N–H and O–H groups in total. The first kappa shape index (κ1) is 19.9. The van der Waals surface area contributed by atoms with Crippen LogP contribution in [0.25, 0.3) is 0 Å². The predicted molar refractivity (Wildman–Crippen MR) is 113 cm³/mol. The van der Waals surface area contributed by atoms with Crippen LogP contribution in [-0.4, -0.2) is 48.1 Å². The average Bonchev–Trinajstić information content (AvgIpc) is 3.18. The fourth-order valence-electron chi connectivity index (χ4n) is 4.25. The normalized spacial score (nSPS) is 21.5. The monoisotopic (exact) mass is 397 g/mol. The summed E-state index contributed by atoms with van der Waals surface area (Å²) in [7, 11) is 1.67. The second-order valence-electron chi connectivity index (χ2n) is 8.06. The number of anilines is 1. The molecule has 0 amide bonds. The van der Waals surface area contributed by atoms with Crippen LogP contribution in [0.15, 0.2) is 53.6 Å². The minimum absolute atomic E-state index is 0.110. The van der Waals surface area contributed by atoms with Crippen molar-refractivity contribution in [2.75, 3.05) is 25.2 Å². The van der Waals surface area contributed by atoms with E-state index in [-0.39, 0.29) is 11.9 Å². The van der Waals surface area contributed by atoms with Gasteiger partial charge in [-0.25, -0.2) is 4.39 Å². The summed E-state index contributed by atoms with van der Waals surface area (Å²) in [6.07, 6.45) is 4.85. The van der Waals surface area contributed by atoms with Crippen molar-refractivity contribution in [1.82, 2.24) is 4.90 Å². The number of piperidine rings is 1. The Morgan fingerprint density at radius 3 is 2.45 bits per heavy atom. The van der Waals surface area contributed by atoms with Crippen molar-refractivity contribution in [2.45, 2.75) is 43.9 Å². The number of halogens is 1. The lowest BCUT2D eigenvalue weighted by molar-refractivity contribution is -0.0333. The number of hydrogen-bond acceptors (Lipinski definition) is 5. The number of nitrogens with zero attached hydrogens (tertiary/aromatic N) is 3. The van der Waals surface area contributed by atoms with E-state index in [0.717, 1.165) is 50.3 Å². The van der Waals surface area contributed by atoms with Crippen molar-refractivity contribution < 1.29 is 14.2 Å². The van der Waals surface area contributed by atoms with Crippen LogP contribution in [0.5, 0.6) is 5.75 Å². The Morgan fingerprint density at radius 1 is 1.10 bits per heavy atom. The molecule has 0 aliphatic carbocycles. The van der Waals surface area contributed by atoms with E-state index >= 15 is 0 Å². The van der Waals surface area contributed by atoms with Crippen LogP contribution < -0.4 is 9.75 Å². The lowest BCUT2D eigenvalue weighted by Crippen LogP contribution is -2.47. The van der Waals surface area contributed by atoms with Crippen LogP contribution in [0.4, 0.5) is 10.1 Å². The third-order valence-corrected chi connectivity index (χ3v) is 5.99. The summed E-state index contributed by atoms with van der Waals surface area (Å²) in [4.78, 5) is 2.39. The van der Waals surface area contributed by atoms with Gasteiger partial charge in [-0.15, -0.1) is 0 Å². The molecular formula is C23H28FN3O2. The molecule has 1 atom stereocenters. The third kappa shape index (κ3) is 4.77. The molecule has 29 heavy (non-hydrogen) atoms. The predicted octanol–water partition coefficient (Wildman–Crippen LogP) is 3.82. The van der Waals surface area contributed by atoms with E-state index in [4.69, 9.17) is 4.74 Å². The number of hydrogen-bond donors (Lipinski definition) is 1. The molecule has 0 spiro atoms. The van der Waals surface area contributed by atoms with E-state index < -0.39 is 5.60 Å². The molecule has 0 saturated carbocycles. The second kappa shape index (κ2) is 8.51. The molecular weight excluding hydrogens is 369 g/mol. The van der Waals surface area contributed by atoms with E-state index in [1.165, 1.54) is 17.7 Å². The standard InChI is InChI=1S/C23H28FN3O2/c1-29-22-8-2-18(3-9-22)17-26-14-11-23(28,12-15-26)16-21-10-13-25-27(21)20-6-4-19(24)5-7-20/h2-9,13,21,28H,10-12,14-17H2,1H3. The topological polar surface area (TPSA) is 48.3 Å². The van der Waals surface area contributed by atoms with E-state index in [2.05, 4.69) is 22.1 Å². The Hall–Kier alpha value is -2.44. The molecule has 4 rings (SSSR count). The first-order chi connectivity index (χ1) is 14.0. The van der Waals surface area contributed by atoms with Gasteiger partial charge in [0.2, 0.25) is 0 Å². The smallest absolute Gasteiger partial charge is 0.123 e. The molecule has 1 saturated heterocycles. The molecule has 0 radical (unpaired) electrons. The van der Waals surface area contributed by atoms with E-state index in [1.54, 1.807) is 19.2 Å². The summed E-state index contributed by atoms with van der Waals surface area (Å²) in [5.74, 6) is 0.614. The van der Waals surface area contributed by atoms with Gasteiger partial charge in [0.05, 0.1) is 24.4 Å². The maximum Gasteiger partial charge on any atom is 0.123 e. The quantitative estimate of drug-likeness (QED) is 0.805. The molecule has 2 heterocycles. The average molecular weight is 397 g/mol. The van der Waals surface area contributed by atoms with E-state index in [0.29, 0.717) is 6.42 Å². The highest BCUT2D eigenvalue weighted by Gasteiger charge is 2.37. The first-order valence-electron chi connectivity index (χ1n) is 10.2. The SMILES string of the molecule is COc1ccc(CN2CCC(O)(CC3CC=NN3c3ccc(F)cc3)CC2)cc1. The summed E-state index contributed by atoms with van der Waals surface area (Å²) in [5.41, 5.74) is 1.43. The van der Waals surface area contributed by atoms with Gasteiger partial charge in [0.15, 0.2) is 0 Å². The van der Waals surface area contributed by atoms with Crippen LogP contribution in [-0.2, 0) is 6.54 Å². The largest absolute Gasteiger partial charge is 0.497 e. The zero-order chi connectivity index (χ0) is 20.3. The maximum absolute atomic E-state index is 13.2. The zero-order valence-electron chi connectivity index (χ0n) is 16.8. The summed E-state index contributed by atoms with van der Waals surface area (Å²) < 4.78 is 18.4. The maximum atomic E-state index is 13.2. The summed E-state index contributed by atoms with van der Waals surface area (Å²) in [6, 6.07) is 14.7. The molecule has 0 bridgehead atoms.